The summed E-state index contributed by atoms with van der Waals surface area (Å²) in [5.74, 6) is 0.600. The zero-order valence-corrected chi connectivity index (χ0v) is 10.2. The minimum Gasteiger partial charge on any atom is -0.396 e. The van der Waals surface area contributed by atoms with Gasteiger partial charge in [-0.1, -0.05) is 22.9 Å². The first-order valence-electron chi connectivity index (χ1n) is 5.19. The molecule has 2 atom stereocenters. The molecule has 1 N–H and O–H groups in total. The van der Waals surface area contributed by atoms with Crippen molar-refractivity contribution in [3.63, 3.8) is 0 Å². The van der Waals surface area contributed by atoms with Gasteiger partial charge in [-0.15, -0.1) is 0 Å². The van der Waals surface area contributed by atoms with Crippen molar-refractivity contribution in [2.45, 2.75) is 31.0 Å². The number of alkyl halides is 1. The molecule has 0 radical (unpaired) electrons. The molecule has 1 saturated heterocycles. The summed E-state index contributed by atoms with van der Waals surface area (Å²) < 4.78 is 0. The first-order chi connectivity index (χ1) is 6.65. The van der Waals surface area contributed by atoms with E-state index in [9.17, 15) is 4.79 Å². The van der Waals surface area contributed by atoms with E-state index < -0.39 is 0 Å². The van der Waals surface area contributed by atoms with Crippen LogP contribution in [0, 0.1) is 5.92 Å². The standard InChI is InChI=1S/C10H18BrNO2/c1-8(4-6-13)7-12-5-2-3-9(11)10(12)14/h8-9,13H,2-7H2,1H3. The summed E-state index contributed by atoms with van der Waals surface area (Å²) in [6.45, 7) is 3.93. The summed E-state index contributed by atoms with van der Waals surface area (Å²) in [5.41, 5.74) is 0. The number of rotatable bonds is 4. The van der Waals surface area contributed by atoms with Crippen LogP contribution in [0.3, 0.4) is 0 Å². The normalized spacial score (nSPS) is 25.2. The van der Waals surface area contributed by atoms with Crippen LogP contribution in [-0.2, 0) is 4.79 Å². The van der Waals surface area contributed by atoms with E-state index >= 15 is 0 Å². The molecule has 82 valence electrons. The van der Waals surface area contributed by atoms with Crippen LogP contribution >= 0.6 is 15.9 Å². The second kappa shape index (κ2) is 5.71. The molecule has 0 aromatic heterocycles. The fourth-order valence-corrected chi connectivity index (χ4v) is 2.38. The molecule has 0 aromatic carbocycles. The molecule has 0 aliphatic carbocycles. The second-order valence-electron chi connectivity index (χ2n) is 4.01. The highest BCUT2D eigenvalue weighted by molar-refractivity contribution is 9.10. The highest BCUT2D eigenvalue weighted by atomic mass is 79.9. The minimum atomic E-state index is 0.0116. The average Bonchev–Trinajstić information content (AvgIpc) is 2.13. The number of likely N-dealkylation sites (tertiary alicyclic amines) is 1. The van der Waals surface area contributed by atoms with Crippen molar-refractivity contribution in [3.05, 3.63) is 0 Å². The van der Waals surface area contributed by atoms with E-state index in [0.29, 0.717) is 5.92 Å². The Morgan fingerprint density at radius 3 is 3.07 bits per heavy atom. The molecular weight excluding hydrogens is 246 g/mol. The van der Waals surface area contributed by atoms with Gasteiger partial charge in [-0.3, -0.25) is 4.79 Å². The predicted octanol–water partition coefficient (Wildman–Crippen LogP) is 1.39. The maximum absolute atomic E-state index is 11.7. The van der Waals surface area contributed by atoms with Gasteiger partial charge in [0.25, 0.3) is 0 Å². The zero-order valence-electron chi connectivity index (χ0n) is 8.58. The molecule has 3 nitrogen and oxygen atoms in total. The molecule has 14 heavy (non-hydrogen) atoms. The Balaban J connectivity index is 2.39. The molecule has 0 aromatic rings. The van der Waals surface area contributed by atoms with Crippen LogP contribution in [0.5, 0.6) is 0 Å². The number of nitrogens with zero attached hydrogens (tertiary/aromatic N) is 1. The number of aliphatic hydroxyl groups is 1. The third-order valence-corrected chi connectivity index (χ3v) is 3.47. The van der Waals surface area contributed by atoms with E-state index in [-0.39, 0.29) is 17.3 Å². The highest BCUT2D eigenvalue weighted by Crippen LogP contribution is 2.19. The lowest BCUT2D eigenvalue weighted by atomic mass is 10.0. The Labute approximate surface area is 93.6 Å². The van der Waals surface area contributed by atoms with Crippen LogP contribution in [-0.4, -0.2) is 40.4 Å². The topological polar surface area (TPSA) is 40.5 Å². The quantitative estimate of drug-likeness (QED) is 0.779. The van der Waals surface area contributed by atoms with Crippen molar-refractivity contribution >= 4 is 21.8 Å². The first-order valence-corrected chi connectivity index (χ1v) is 6.10. The highest BCUT2D eigenvalue weighted by Gasteiger charge is 2.26. The Morgan fingerprint density at radius 1 is 1.71 bits per heavy atom. The van der Waals surface area contributed by atoms with Crippen molar-refractivity contribution in [2.24, 2.45) is 5.92 Å². The van der Waals surface area contributed by atoms with E-state index in [0.717, 1.165) is 32.4 Å². The molecule has 4 heteroatoms. The molecule has 1 fully saturated rings. The van der Waals surface area contributed by atoms with Crippen molar-refractivity contribution in [1.29, 1.82) is 0 Å². The summed E-state index contributed by atoms with van der Waals surface area (Å²) in [6.07, 6.45) is 2.80. The Kier molecular flexibility index (Phi) is 4.89. The Bertz CT molecular complexity index is 199. The SMILES string of the molecule is CC(CCO)CN1CCCC(Br)C1=O. The zero-order chi connectivity index (χ0) is 10.6. The van der Waals surface area contributed by atoms with E-state index in [2.05, 4.69) is 22.9 Å². The van der Waals surface area contributed by atoms with Crippen molar-refractivity contribution in [3.8, 4) is 0 Å². The summed E-state index contributed by atoms with van der Waals surface area (Å²) in [6, 6.07) is 0. The van der Waals surface area contributed by atoms with Crippen LogP contribution in [0.2, 0.25) is 0 Å². The number of carbonyl (C=O) groups excluding carboxylic acids is 1. The number of carbonyl (C=O) groups is 1. The summed E-state index contributed by atoms with van der Waals surface area (Å²) in [7, 11) is 0. The lowest BCUT2D eigenvalue weighted by Crippen LogP contribution is -2.43. The van der Waals surface area contributed by atoms with Gasteiger partial charge in [0.15, 0.2) is 0 Å². The monoisotopic (exact) mass is 263 g/mol. The molecule has 1 amide bonds. The van der Waals surface area contributed by atoms with Gasteiger partial charge in [0.1, 0.15) is 0 Å². The number of amides is 1. The fourth-order valence-electron chi connectivity index (χ4n) is 1.76. The lowest BCUT2D eigenvalue weighted by molar-refractivity contribution is -0.133. The molecule has 1 aliphatic rings. The second-order valence-corrected chi connectivity index (χ2v) is 5.12. The van der Waals surface area contributed by atoms with Crippen LogP contribution in [0.25, 0.3) is 0 Å². The lowest BCUT2D eigenvalue weighted by Gasteiger charge is -2.31. The number of aliphatic hydroxyl groups excluding tert-OH is 1. The van der Waals surface area contributed by atoms with E-state index in [1.54, 1.807) is 0 Å². The molecule has 0 saturated carbocycles. The van der Waals surface area contributed by atoms with Gasteiger partial charge in [0, 0.05) is 19.7 Å². The van der Waals surface area contributed by atoms with Gasteiger partial charge >= 0.3 is 0 Å². The predicted molar refractivity (Wildman–Crippen MR) is 59.4 cm³/mol. The molecule has 2 unspecified atom stereocenters. The van der Waals surface area contributed by atoms with Crippen LogP contribution in [0.1, 0.15) is 26.2 Å². The molecule has 0 bridgehead atoms. The molecule has 0 spiro atoms. The number of hydrogen-bond donors (Lipinski definition) is 1. The van der Waals surface area contributed by atoms with Crippen LogP contribution in [0.4, 0.5) is 0 Å². The van der Waals surface area contributed by atoms with Crippen molar-refractivity contribution in [2.75, 3.05) is 19.7 Å². The molecule has 1 aliphatic heterocycles. The Hall–Kier alpha value is -0.0900. The molecular formula is C10H18BrNO2. The maximum atomic E-state index is 11.7. The first kappa shape index (κ1) is 12.0. The van der Waals surface area contributed by atoms with Crippen molar-refractivity contribution in [1.82, 2.24) is 4.90 Å². The van der Waals surface area contributed by atoms with Gasteiger partial charge in [-0.2, -0.15) is 0 Å². The largest absolute Gasteiger partial charge is 0.396 e. The summed E-state index contributed by atoms with van der Waals surface area (Å²) in [5, 5.41) is 8.77. The fraction of sp³-hybridized carbons (Fsp3) is 0.900. The van der Waals surface area contributed by atoms with Gasteiger partial charge in [0.2, 0.25) is 5.91 Å². The van der Waals surface area contributed by atoms with Crippen LogP contribution in [0.15, 0.2) is 0 Å². The van der Waals surface area contributed by atoms with Crippen LogP contribution < -0.4 is 0 Å². The van der Waals surface area contributed by atoms with E-state index in [1.807, 2.05) is 4.90 Å². The van der Waals surface area contributed by atoms with Gasteiger partial charge < -0.3 is 10.0 Å². The smallest absolute Gasteiger partial charge is 0.236 e. The summed E-state index contributed by atoms with van der Waals surface area (Å²) >= 11 is 3.38. The van der Waals surface area contributed by atoms with Crippen molar-refractivity contribution < 1.29 is 9.90 Å². The summed E-state index contributed by atoms with van der Waals surface area (Å²) in [4.78, 5) is 13.6. The Morgan fingerprint density at radius 2 is 2.43 bits per heavy atom. The van der Waals surface area contributed by atoms with Gasteiger partial charge in [-0.05, 0) is 25.2 Å². The van der Waals surface area contributed by atoms with E-state index in [4.69, 9.17) is 5.11 Å². The van der Waals surface area contributed by atoms with Gasteiger partial charge in [0.05, 0.1) is 4.83 Å². The number of halogens is 1. The minimum absolute atomic E-state index is 0.0116. The molecule has 1 heterocycles. The van der Waals surface area contributed by atoms with Gasteiger partial charge in [-0.25, -0.2) is 0 Å². The van der Waals surface area contributed by atoms with E-state index in [1.165, 1.54) is 0 Å². The number of hydrogen-bond acceptors (Lipinski definition) is 2. The third-order valence-electron chi connectivity index (χ3n) is 2.62. The number of piperidine rings is 1. The molecule has 1 rings (SSSR count). The average molecular weight is 264 g/mol. The third kappa shape index (κ3) is 3.24. The maximum Gasteiger partial charge on any atom is 0.236 e.